The lowest BCUT2D eigenvalue weighted by Gasteiger charge is -2.36. The summed E-state index contributed by atoms with van der Waals surface area (Å²) in [6.45, 7) is 1.63. The number of Topliss-reactive ketones (excluding diaryl/α,β-unsaturated/α-hetero) is 2. The Balaban J connectivity index is 1.82. The van der Waals surface area contributed by atoms with Crippen molar-refractivity contribution >= 4 is 17.7 Å². The van der Waals surface area contributed by atoms with Crippen LogP contribution in [0.3, 0.4) is 0 Å². The van der Waals surface area contributed by atoms with Crippen LogP contribution in [0.1, 0.15) is 6.92 Å². The molecule has 4 aliphatic rings. The number of primary amides is 1. The average Bonchev–Trinajstić information content (AvgIpc) is 3.17. The van der Waals surface area contributed by atoms with Crippen molar-refractivity contribution in [3.8, 4) is 0 Å². The van der Waals surface area contributed by atoms with Gasteiger partial charge in [-0.25, -0.2) is 4.79 Å². The minimum absolute atomic E-state index is 0.0381. The number of rotatable bonds is 3. The highest BCUT2D eigenvalue weighted by atomic mass is 16.5. The number of ketones is 2. The van der Waals surface area contributed by atoms with Crippen molar-refractivity contribution < 1.29 is 29.0 Å². The van der Waals surface area contributed by atoms with Crippen LogP contribution in [0.2, 0.25) is 0 Å². The predicted octanol–water partition coefficient (Wildman–Crippen LogP) is -1.62. The summed E-state index contributed by atoms with van der Waals surface area (Å²) in [5, 5.41) is 14.4. The molecule has 2 fully saturated rings. The van der Waals surface area contributed by atoms with Crippen molar-refractivity contribution in [3.63, 3.8) is 0 Å². The monoisotopic (exact) mass is 335 g/mol. The molecule has 0 aromatic carbocycles. The molecule has 0 radical (unpaired) electrons. The third-order valence-electron chi connectivity index (χ3n) is 5.29. The number of aliphatic hydroxyl groups is 1. The molecule has 1 amide bonds. The molecule has 9 heteroatoms. The van der Waals surface area contributed by atoms with E-state index in [2.05, 4.69) is 5.32 Å². The highest BCUT2D eigenvalue weighted by molar-refractivity contribution is 6.25. The van der Waals surface area contributed by atoms with Crippen LogP contribution < -0.4 is 11.1 Å². The zero-order valence-corrected chi connectivity index (χ0v) is 13.2. The minimum Gasteiger partial charge on any atom is -0.492 e. The number of methoxy groups -OCH3 is 1. The lowest BCUT2D eigenvalue weighted by molar-refractivity contribution is -0.122. The Morgan fingerprint density at radius 3 is 2.79 bits per heavy atom. The van der Waals surface area contributed by atoms with E-state index < -0.39 is 23.5 Å². The number of hydrogen-bond donors (Lipinski definition) is 3. The maximum absolute atomic E-state index is 12.8. The minimum atomic E-state index is -1.50. The van der Waals surface area contributed by atoms with Crippen molar-refractivity contribution in [2.75, 3.05) is 20.3 Å². The number of nitrogens with one attached hydrogen (secondary N) is 1. The second kappa shape index (κ2) is 4.58. The maximum atomic E-state index is 12.8. The molecule has 4 rings (SSSR count). The number of allylic oxidation sites excluding steroid dienone is 2. The van der Waals surface area contributed by atoms with Gasteiger partial charge in [0.05, 0.1) is 24.8 Å². The van der Waals surface area contributed by atoms with E-state index in [4.69, 9.17) is 15.2 Å². The van der Waals surface area contributed by atoms with Gasteiger partial charge in [-0.3, -0.25) is 9.59 Å². The maximum Gasteiger partial charge on any atom is 0.404 e. The fourth-order valence-electron chi connectivity index (χ4n) is 4.16. The number of piperazine rings is 1. The second-order valence-electron chi connectivity index (χ2n) is 6.41. The third kappa shape index (κ3) is 1.63. The van der Waals surface area contributed by atoms with E-state index in [0.717, 1.165) is 0 Å². The molecule has 24 heavy (non-hydrogen) atoms. The summed E-state index contributed by atoms with van der Waals surface area (Å²) in [4.78, 5) is 38.1. The summed E-state index contributed by atoms with van der Waals surface area (Å²) in [6, 6.07) is -0.257. The lowest BCUT2D eigenvalue weighted by atomic mass is 9.83. The summed E-state index contributed by atoms with van der Waals surface area (Å²) in [7, 11) is 1.31. The van der Waals surface area contributed by atoms with E-state index in [1.165, 1.54) is 14.0 Å². The molecule has 0 spiro atoms. The standard InChI is InChI=1S/C15H17N3O6/c1-5-10(19)9-8(11(20)12(5)23-2)6(4-24-14(16)21)15(22)13-7(17-13)3-18(9)15/h6-7,13,17,22H,3-4H2,1-2H3,(H2,16,21)/t6-,7+,13-,15-/m0/s1. The number of fused-ring (bicyclic) bond motifs is 4. The number of nitrogens with two attached hydrogens (primary N) is 1. The number of carbonyl (C=O) groups excluding carboxylic acids is 3. The molecule has 0 unspecified atom stereocenters. The van der Waals surface area contributed by atoms with E-state index in [1.807, 2.05) is 0 Å². The Hall–Kier alpha value is -2.39. The fourth-order valence-corrected chi connectivity index (χ4v) is 4.16. The van der Waals surface area contributed by atoms with E-state index in [9.17, 15) is 19.5 Å². The number of amides is 1. The van der Waals surface area contributed by atoms with Crippen LogP contribution in [0, 0.1) is 5.92 Å². The van der Waals surface area contributed by atoms with Gasteiger partial charge in [0, 0.05) is 23.7 Å². The van der Waals surface area contributed by atoms with Crippen molar-refractivity contribution in [1.29, 1.82) is 0 Å². The molecule has 3 aliphatic heterocycles. The van der Waals surface area contributed by atoms with Gasteiger partial charge in [0.25, 0.3) is 0 Å². The lowest BCUT2D eigenvalue weighted by Crippen LogP contribution is -2.53. The molecular formula is C15H17N3O6. The van der Waals surface area contributed by atoms with Crippen LogP contribution in [0.25, 0.3) is 0 Å². The van der Waals surface area contributed by atoms with Crippen LogP contribution in [0.5, 0.6) is 0 Å². The first-order valence-corrected chi connectivity index (χ1v) is 7.59. The summed E-state index contributed by atoms with van der Waals surface area (Å²) >= 11 is 0. The molecule has 4 N–H and O–H groups in total. The van der Waals surface area contributed by atoms with E-state index in [-0.39, 0.29) is 47.1 Å². The molecular weight excluding hydrogens is 318 g/mol. The van der Waals surface area contributed by atoms with Crippen molar-refractivity contribution in [2.24, 2.45) is 11.7 Å². The first kappa shape index (κ1) is 15.2. The van der Waals surface area contributed by atoms with Gasteiger partial charge in [-0.05, 0) is 6.92 Å². The van der Waals surface area contributed by atoms with Gasteiger partial charge in [-0.15, -0.1) is 0 Å². The highest BCUT2D eigenvalue weighted by Crippen LogP contribution is 2.54. The Morgan fingerprint density at radius 1 is 1.46 bits per heavy atom. The molecule has 9 nitrogen and oxygen atoms in total. The molecule has 3 heterocycles. The summed E-state index contributed by atoms with van der Waals surface area (Å²) in [5.74, 6) is -1.75. The molecule has 0 saturated carbocycles. The molecule has 0 bridgehead atoms. The number of hydrogen-bond acceptors (Lipinski definition) is 8. The molecule has 4 atom stereocenters. The van der Waals surface area contributed by atoms with Gasteiger partial charge in [-0.2, -0.15) is 0 Å². The second-order valence-corrected chi connectivity index (χ2v) is 6.41. The average molecular weight is 335 g/mol. The molecule has 0 aromatic heterocycles. The molecule has 2 saturated heterocycles. The quantitative estimate of drug-likeness (QED) is 0.413. The highest BCUT2D eigenvalue weighted by Gasteiger charge is 2.71. The SMILES string of the molecule is COC1=C(C)C(=O)C2=C(C1=O)[C@H](COC(N)=O)[C@]1(O)[C@H]3N[C@@H]3CN21. The predicted molar refractivity (Wildman–Crippen MR) is 78.1 cm³/mol. The number of ether oxygens (including phenoxy) is 2. The van der Waals surface area contributed by atoms with E-state index >= 15 is 0 Å². The van der Waals surface area contributed by atoms with Crippen LogP contribution in [0.4, 0.5) is 4.79 Å². The van der Waals surface area contributed by atoms with Crippen LogP contribution in [-0.4, -0.2) is 65.7 Å². The van der Waals surface area contributed by atoms with Gasteiger partial charge in [0.15, 0.2) is 11.5 Å². The van der Waals surface area contributed by atoms with Crippen molar-refractivity contribution in [2.45, 2.75) is 24.7 Å². The first-order valence-electron chi connectivity index (χ1n) is 7.59. The Bertz CT molecular complexity index is 756. The topological polar surface area (TPSA) is 141 Å². The summed E-state index contributed by atoms with van der Waals surface area (Å²) in [6.07, 6.45) is -1.01. The summed E-state index contributed by atoms with van der Waals surface area (Å²) in [5.41, 5.74) is 4.03. The molecule has 1 aliphatic carbocycles. The first-order chi connectivity index (χ1) is 11.3. The van der Waals surface area contributed by atoms with Crippen LogP contribution >= 0.6 is 0 Å². The number of nitrogens with zero attached hydrogens (tertiary/aromatic N) is 1. The van der Waals surface area contributed by atoms with Crippen molar-refractivity contribution in [3.05, 3.63) is 22.6 Å². The van der Waals surface area contributed by atoms with Gasteiger partial charge in [-0.1, -0.05) is 0 Å². The smallest absolute Gasteiger partial charge is 0.404 e. The summed E-state index contributed by atoms with van der Waals surface area (Å²) < 4.78 is 9.95. The molecule has 0 aromatic rings. The van der Waals surface area contributed by atoms with Gasteiger partial charge in [0.1, 0.15) is 6.61 Å². The molecule has 128 valence electrons. The van der Waals surface area contributed by atoms with Gasteiger partial charge >= 0.3 is 6.09 Å². The van der Waals surface area contributed by atoms with Crippen molar-refractivity contribution in [1.82, 2.24) is 10.2 Å². The Morgan fingerprint density at radius 2 is 2.17 bits per heavy atom. The van der Waals surface area contributed by atoms with E-state index in [0.29, 0.717) is 6.54 Å². The Kier molecular flexibility index (Phi) is 2.89. The normalized spacial score (nSPS) is 36.6. The van der Waals surface area contributed by atoms with Gasteiger partial charge in [0.2, 0.25) is 11.6 Å². The Labute approximate surface area is 137 Å². The van der Waals surface area contributed by atoms with Crippen LogP contribution in [0.15, 0.2) is 22.6 Å². The third-order valence-corrected chi connectivity index (χ3v) is 5.29. The van der Waals surface area contributed by atoms with Crippen LogP contribution in [-0.2, 0) is 19.1 Å². The van der Waals surface area contributed by atoms with E-state index in [1.54, 1.807) is 4.90 Å². The zero-order chi connectivity index (χ0) is 17.4. The number of carbonyl (C=O) groups is 3. The van der Waals surface area contributed by atoms with Gasteiger partial charge < -0.3 is 30.5 Å². The fraction of sp³-hybridized carbons (Fsp3) is 0.533. The largest absolute Gasteiger partial charge is 0.492 e. The zero-order valence-electron chi connectivity index (χ0n) is 13.2.